The number of halogens is 2. The molecule has 0 saturated carbocycles. The summed E-state index contributed by atoms with van der Waals surface area (Å²) in [5.74, 6) is -5.55. The highest BCUT2D eigenvalue weighted by Gasteiger charge is 2.30. The second-order valence-electron chi connectivity index (χ2n) is 5.93. The van der Waals surface area contributed by atoms with Gasteiger partial charge in [0, 0.05) is 19.1 Å². The van der Waals surface area contributed by atoms with Crippen molar-refractivity contribution in [1.82, 2.24) is 0 Å². The van der Waals surface area contributed by atoms with Crippen molar-refractivity contribution in [1.29, 1.82) is 0 Å². The molecule has 1 N–H and O–H groups in total. The van der Waals surface area contributed by atoms with Crippen LogP contribution in [-0.2, 0) is 9.53 Å². The van der Waals surface area contributed by atoms with Crippen LogP contribution in [0.4, 0.5) is 13.6 Å². The zero-order valence-electron chi connectivity index (χ0n) is 13.1. The lowest BCUT2D eigenvalue weighted by atomic mass is 9.99. The zero-order chi connectivity index (χ0) is 17.4. The average molecular weight is 319 g/mol. The summed E-state index contributed by atoms with van der Waals surface area (Å²) in [6, 6.07) is 0. The molecule has 5 nitrogen and oxygen atoms in total. The number of carbonyl (C=O) groups excluding carboxylic acids is 1. The van der Waals surface area contributed by atoms with Gasteiger partial charge in [-0.05, 0) is 33.6 Å². The van der Waals surface area contributed by atoms with E-state index in [1.54, 1.807) is 20.8 Å². The number of aliphatic imine (C=N–C) groups is 1. The number of nitrogens with zero attached hydrogens (tertiary/aromatic N) is 1. The number of alkyl halides is 2. The van der Waals surface area contributed by atoms with Crippen molar-refractivity contribution in [3.8, 4) is 0 Å². The molecule has 0 radical (unpaired) electrons. The van der Waals surface area contributed by atoms with Crippen molar-refractivity contribution < 1.29 is 28.2 Å². The van der Waals surface area contributed by atoms with E-state index in [1.807, 2.05) is 0 Å². The SMILES string of the molecule is C=CCCC(F)(F)CCC(C=NC(=O)OC(C)(C)C)C(=O)O. The number of ether oxygens (including phenoxy) is 1. The third kappa shape index (κ3) is 10.0. The van der Waals surface area contributed by atoms with E-state index in [9.17, 15) is 18.4 Å². The lowest BCUT2D eigenvalue weighted by Gasteiger charge is -2.18. The molecule has 0 heterocycles. The molecule has 1 atom stereocenters. The molecule has 126 valence electrons. The first-order valence-corrected chi connectivity index (χ1v) is 6.95. The van der Waals surface area contributed by atoms with Gasteiger partial charge in [-0.2, -0.15) is 4.99 Å². The maximum absolute atomic E-state index is 13.5. The Morgan fingerprint density at radius 3 is 2.36 bits per heavy atom. The number of hydrogen-bond acceptors (Lipinski definition) is 3. The number of carbonyl (C=O) groups is 2. The van der Waals surface area contributed by atoms with E-state index >= 15 is 0 Å². The maximum Gasteiger partial charge on any atom is 0.433 e. The van der Waals surface area contributed by atoms with Gasteiger partial charge in [0.15, 0.2) is 0 Å². The lowest BCUT2D eigenvalue weighted by Crippen LogP contribution is -2.24. The molecule has 0 aromatic heterocycles. The summed E-state index contributed by atoms with van der Waals surface area (Å²) >= 11 is 0. The molecular formula is C15H23F2NO4. The Morgan fingerprint density at radius 2 is 1.91 bits per heavy atom. The minimum absolute atomic E-state index is 0.150. The van der Waals surface area contributed by atoms with Crippen molar-refractivity contribution in [2.24, 2.45) is 10.9 Å². The van der Waals surface area contributed by atoms with E-state index in [-0.39, 0.29) is 19.3 Å². The molecule has 0 bridgehead atoms. The monoisotopic (exact) mass is 319 g/mol. The molecule has 22 heavy (non-hydrogen) atoms. The summed E-state index contributed by atoms with van der Waals surface area (Å²) in [5.41, 5.74) is -0.759. The first-order valence-electron chi connectivity index (χ1n) is 6.95. The summed E-state index contributed by atoms with van der Waals surface area (Å²) < 4.78 is 31.8. The Labute approximate surface area is 129 Å². The Balaban J connectivity index is 4.59. The largest absolute Gasteiger partial charge is 0.481 e. The van der Waals surface area contributed by atoms with Gasteiger partial charge in [-0.25, -0.2) is 13.6 Å². The van der Waals surface area contributed by atoms with Crippen LogP contribution < -0.4 is 0 Å². The van der Waals surface area contributed by atoms with Gasteiger partial charge in [0.2, 0.25) is 5.92 Å². The van der Waals surface area contributed by atoms with Crippen LogP contribution in [0, 0.1) is 5.92 Å². The maximum atomic E-state index is 13.5. The topological polar surface area (TPSA) is 76.0 Å². The van der Waals surface area contributed by atoms with Gasteiger partial charge in [-0.15, -0.1) is 6.58 Å². The van der Waals surface area contributed by atoms with Gasteiger partial charge < -0.3 is 9.84 Å². The first-order chi connectivity index (χ1) is 9.97. The fourth-order valence-corrected chi connectivity index (χ4v) is 1.51. The zero-order valence-corrected chi connectivity index (χ0v) is 13.1. The number of amides is 1. The number of aliphatic carboxylic acids is 1. The number of carboxylic acid groups (broad SMARTS) is 1. The highest BCUT2D eigenvalue weighted by Crippen LogP contribution is 2.28. The summed E-state index contributed by atoms with van der Waals surface area (Å²) in [7, 11) is 0. The van der Waals surface area contributed by atoms with Crippen LogP contribution in [0.3, 0.4) is 0 Å². The number of rotatable bonds is 8. The van der Waals surface area contributed by atoms with Gasteiger partial charge in [0.1, 0.15) is 5.60 Å². The predicted molar refractivity (Wildman–Crippen MR) is 79.5 cm³/mol. The van der Waals surface area contributed by atoms with Crippen molar-refractivity contribution >= 4 is 18.3 Å². The minimum Gasteiger partial charge on any atom is -0.481 e. The van der Waals surface area contributed by atoms with Crippen LogP contribution in [0.1, 0.15) is 46.5 Å². The summed E-state index contributed by atoms with van der Waals surface area (Å²) in [4.78, 5) is 25.7. The minimum atomic E-state index is -2.97. The summed E-state index contributed by atoms with van der Waals surface area (Å²) in [5, 5.41) is 8.99. The first kappa shape index (κ1) is 20.2. The fraction of sp³-hybridized carbons (Fsp3) is 0.667. The highest BCUT2D eigenvalue weighted by molar-refractivity contribution is 5.92. The number of hydrogen-bond donors (Lipinski definition) is 1. The summed E-state index contributed by atoms with van der Waals surface area (Å²) in [6.07, 6.45) is 0.136. The third-order valence-corrected chi connectivity index (χ3v) is 2.61. The van der Waals surface area contributed by atoms with Crippen LogP contribution in [0.15, 0.2) is 17.6 Å². The highest BCUT2D eigenvalue weighted by atomic mass is 19.3. The van der Waals surface area contributed by atoms with Crippen LogP contribution in [0.25, 0.3) is 0 Å². The van der Waals surface area contributed by atoms with Crippen molar-refractivity contribution in [3.63, 3.8) is 0 Å². The third-order valence-electron chi connectivity index (χ3n) is 2.61. The molecular weight excluding hydrogens is 296 g/mol. The summed E-state index contributed by atoms with van der Waals surface area (Å²) in [6.45, 7) is 8.27. The Bertz CT molecular complexity index is 428. The lowest BCUT2D eigenvalue weighted by molar-refractivity contribution is -0.139. The molecule has 7 heteroatoms. The van der Waals surface area contributed by atoms with Crippen molar-refractivity contribution in [2.75, 3.05) is 0 Å². The Kier molecular flexibility index (Phi) is 7.90. The molecule has 0 fully saturated rings. The van der Waals surface area contributed by atoms with Crippen molar-refractivity contribution in [3.05, 3.63) is 12.7 Å². The predicted octanol–water partition coefficient (Wildman–Crippen LogP) is 4.07. The number of allylic oxidation sites excluding steroid dienone is 1. The average Bonchev–Trinajstić information content (AvgIpc) is 2.33. The second-order valence-corrected chi connectivity index (χ2v) is 5.93. The molecule has 0 rings (SSSR count). The van der Waals surface area contributed by atoms with Gasteiger partial charge in [-0.3, -0.25) is 4.79 Å². The molecule has 0 aromatic rings. The molecule has 0 aliphatic rings. The Hall–Kier alpha value is -1.79. The number of carboxylic acids is 1. The molecule has 0 aliphatic carbocycles. The van der Waals surface area contributed by atoms with Crippen LogP contribution in [0.2, 0.25) is 0 Å². The van der Waals surface area contributed by atoms with Crippen LogP contribution in [0.5, 0.6) is 0 Å². The van der Waals surface area contributed by atoms with E-state index in [0.29, 0.717) is 0 Å². The smallest absolute Gasteiger partial charge is 0.433 e. The second kappa shape index (κ2) is 8.60. The van der Waals surface area contributed by atoms with Gasteiger partial charge in [-0.1, -0.05) is 6.08 Å². The van der Waals surface area contributed by atoms with E-state index in [4.69, 9.17) is 9.84 Å². The molecule has 0 spiro atoms. The van der Waals surface area contributed by atoms with E-state index < -0.39 is 35.9 Å². The van der Waals surface area contributed by atoms with Crippen molar-refractivity contribution in [2.45, 2.75) is 58.0 Å². The molecule has 0 aliphatic heterocycles. The molecule has 0 saturated heterocycles. The molecule has 0 aromatic carbocycles. The Morgan fingerprint density at radius 1 is 1.32 bits per heavy atom. The van der Waals surface area contributed by atoms with Gasteiger partial charge >= 0.3 is 12.1 Å². The standard InChI is InChI=1S/C15H23F2NO4/c1-5-6-8-15(16,17)9-7-11(12(19)20)10-18-13(21)22-14(2,3)4/h5,10-11H,1,6-9H2,2-4H3,(H,19,20). The van der Waals surface area contributed by atoms with E-state index in [2.05, 4.69) is 11.6 Å². The fourth-order valence-electron chi connectivity index (χ4n) is 1.51. The van der Waals surface area contributed by atoms with Crippen LogP contribution >= 0.6 is 0 Å². The quantitative estimate of drug-likeness (QED) is 0.540. The molecule has 1 amide bonds. The van der Waals surface area contributed by atoms with Gasteiger partial charge in [0.25, 0.3) is 0 Å². The van der Waals surface area contributed by atoms with E-state index in [1.165, 1.54) is 6.08 Å². The van der Waals surface area contributed by atoms with E-state index in [0.717, 1.165) is 6.21 Å². The normalized spacial score (nSPS) is 13.9. The molecule has 1 unspecified atom stereocenters. The van der Waals surface area contributed by atoms with Crippen LogP contribution in [-0.4, -0.2) is 34.9 Å². The van der Waals surface area contributed by atoms with Gasteiger partial charge in [0.05, 0.1) is 5.92 Å².